The van der Waals surface area contributed by atoms with E-state index in [1.54, 1.807) is 0 Å². The lowest BCUT2D eigenvalue weighted by atomic mass is 9.85. The molecule has 0 amide bonds. The zero-order valence-corrected chi connectivity index (χ0v) is 14.6. The molecule has 1 nitrogen and oxygen atoms in total. The number of nitrogens with two attached hydrogens (primary N) is 1. The van der Waals surface area contributed by atoms with Gasteiger partial charge in [0, 0.05) is 0 Å². The van der Waals surface area contributed by atoms with Gasteiger partial charge in [0.1, 0.15) is 0 Å². The van der Waals surface area contributed by atoms with Crippen molar-refractivity contribution < 1.29 is 0 Å². The maximum atomic E-state index is 5.50. The van der Waals surface area contributed by atoms with Gasteiger partial charge in [0.25, 0.3) is 0 Å². The van der Waals surface area contributed by atoms with Crippen LogP contribution in [0.3, 0.4) is 0 Å². The fraction of sp³-hybridized carbons (Fsp3) is 1.00. The molecular formula is C20H41N. The van der Waals surface area contributed by atoms with Crippen molar-refractivity contribution in [2.45, 2.75) is 116 Å². The topological polar surface area (TPSA) is 26.0 Å². The van der Waals surface area contributed by atoms with Crippen molar-refractivity contribution in [3.63, 3.8) is 0 Å². The Kier molecular flexibility index (Phi) is 13.5. The minimum atomic E-state index is 0.876. The van der Waals surface area contributed by atoms with Gasteiger partial charge in [-0.1, -0.05) is 109 Å². The Labute approximate surface area is 134 Å². The highest BCUT2D eigenvalue weighted by atomic mass is 14.5. The van der Waals surface area contributed by atoms with Crippen LogP contribution in [-0.4, -0.2) is 6.54 Å². The number of rotatable bonds is 14. The van der Waals surface area contributed by atoms with Gasteiger partial charge in [-0.25, -0.2) is 0 Å². The number of unbranched alkanes of at least 4 members (excludes halogenated alkanes) is 11. The predicted molar refractivity (Wildman–Crippen MR) is 95.7 cm³/mol. The molecule has 0 spiro atoms. The maximum Gasteiger partial charge on any atom is -0.00773 e. The van der Waals surface area contributed by atoms with Crippen LogP contribution in [0.25, 0.3) is 0 Å². The largest absolute Gasteiger partial charge is 0.330 e. The molecule has 0 aromatic rings. The van der Waals surface area contributed by atoms with Gasteiger partial charge in [0.2, 0.25) is 0 Å². The summed E-state index contributed by atoms with van der Waals surface area (Å²) in [7, 11) is 0. The van der Waals surface area contributed by atoms with Crippen LogP contribution in [0, 0.1) is 5.92 Å². The third-order valence-electron chi connectivity index (χ3n) is 5.29. The summed E-state index contributed by atoms with van der Waals surface area (Å²) in [6, 6.07) is 0. The number of hydrogen-bond acceptors (Lipinski definition) is 1. The predicted octanol–water partition coefficient (Wildman–Crippen LogP) is 6.60. The fourth-order valence-electron chi connectivity index (χ4n) is 3.82. The van der Waals surface area contributed by atoms with Gasteiger partial charge in [-0.15, -0.1) is 0 Å². The van der Waals surface area contributed by atoms with Crippen LogP contribution in [0.1, 0.15) is 116 Å². The van der Waals surface area contributed by atoms with Crippen LogP contribution in [0.5, 0.6) is 0 Å². The van der Waals surface area contributed by atoms with Crippen LogP contribution in [0.2, 0.25) is 0 Å². The average molecular weight is 296 g/mol. The molecule has 21 heavy (non-hydrogen) atoms. The van der Waals surface area contributed by atoms with Gasteiger partial charge in [-0.2, -0.15) is 0 Å². The van der Waals surface area contributed by atoms with Crippen molar-refractivity contribution in [1.29, 1.82) is 0 Å². The zero-order chi connectivity index (χ0) is 15.0. The molecule has 0 aromatic heterocycles. The fourth-order valence-corrected chi connectivity index (χ4v) is 3.82. The molecular weight excluding hydrogens is 254 g/mol. The molecule has 1 rings (SSSR count). The van der Waals surface area contributed by atoms with E-state index >= 15 is 0 Å². The standard InChI is InChI=1S/C20H41N/c21-19-15-10-8-6-4-2-1-3-5-7-9-12-16-20-17-13-11-14-18-20/h20H,1-19,21H2. The zero-order valence-electron chi connectivity index (χ0n) is 14.6. The van der Waals surface area contributed by atoms with Crippen molar-refractivity contribution in [2.24, 2.45) is 11.7 Å². The van der Waals surface area contributed by atoms with Gasteiger partial charge in [-0.3, -0.25) is 0 Å². The van der Waals surface area contributed by atoms with Crippen LogP contribution in [0.15, 0.2) is 0 Å². The van der Waals surface area contributed by atoms with Gasteiger partial charge in [0.15, 0.2) is 0 Å². The SMILES string of the molecule is NCCCCCCCCCCCCCCC1CCCCC1. The van der Waals surface area contributed by atoms with Crippen LogP contribution in [0.4, 0.5) is 0 Å². The third-order valence-corrected chi connectivity index (χ3v) is 5.29. The third kappa shape index (κ3) is 12.2. The van der Waals surface area contributed by atoms with E-state index in [2.05, 4.69) is 0 Å². The van der Waals surface area contributed by atoms with E-state index in [1.807, 2.05) is 0 Å². The lowest BCUT2D eigenvalue weighted by Gasteiger charge is -2.21. The molecule has 126 valence electrons. The summed E-state index contributed by atoms with van der Waals surface area (Å²) in [4.78, 5) is 0. The molecule has 0 radical (unpaired) electrons. The molecule has 1 heteroatoms. The van der Waals surface area contributed by atoms with Crippen molar-refractivity contribution in [3.05, 3.63) is 0 Å². The minimum absolute atomic E-state index is 0.876. The first kappa shape index (κ1) is 19.0. The molecule has 0 saturated heterocycles. The number of hydrogen-bond donors (Lipinski definition) is 1. The molecule has 1 saturated carbocycles. The maximum absolute atomic E-state index is 5.50. The molecule has 0 aliphatic heterocycles. The van der Waals surface area contributed by atoms with Crippen molar-refractivity contribution in [1.82, 2.24) is 0 Å². The molecule has 0 heterocycles. The second kappa shape index (κ2) is 14.9. The van der Waals surface area contributed by atoms with Crippen molar-refractivity contribution >= 4 is 0 Å². The lowest BCUT2D eigenvalue weighted by Crippen LogP contribution is -2.05. The summed E-state index contributed by atoms with van der Waals surface area (Å²) in [5, 5.41) is 0. The smallest absolute Gasteiger partial charge is 0.00773 e. The Bertz CT molecular complexity index is 196. The minimum Gasteiger partial charge on any atom is -0.330 e. The van der Waals surface area contributed by atoms with Gasteiger partial charge in [0.05, 0.1) is 0 Å². The van der Waals surface area contributed by atoms with E-state index in [0.29, 0.717) is 0 Å². The lowest BCUT2D eigenvalue weighted by molar-refractivity contribution is 0.328. The van der Waals surface area contributed by atoms with E-state index in [1.165, 1.54) is 116 Å². The van der Waals surface area contributed by atoms with E-state index in [4.69, 9.17) is 5.73 Å². The second-order valence-corrected chi connectivity index (χ2v) is 7.32. The molecule has 2 N–H and O–H groups in total. The van der Waals surface area contributed by atoms with Crippen LogP contribution < -0.4 is 5.73 Å². The Balaban J connectivity index is 1.69. The molecule has 0 unspecified atom stereocenters. The Morgan fingerprint density at radius 1 is 0.524 bits per heavy atom. The highest BCUT2D eigenvalue weighted by molar-refractivity contribution is 4.65. The van der Waals surface area contributed by atoms with E-state index in [9.17, 15) is 0 Å². The van der Waals surface area contributed by atoms with Crippen LogP contribution >= 0.6 is 0 Å². The summed E-state index contributed by atoms with van der Waals surface area (Å²) < 4.78 is 0. The Morgan fingerprint density at radius 2 is 0.952 bits per heavy atom. The van der Waals surface area contributed by atoms with Gasteiger partial charge in [-0.05, 0) is 18.9 Å². The first-order valence-corrected chi connectivity index (χ1v) is 10.1. The Morgan fingerprint density at radius 3 is 1.43 bits per heavy atom. The van der Waals surface area contributed by atoms with Gasteiger partial charge >= 0.3 is 0 Å². The Hall–Kier alpha value is -0.0400. The molecule has 0 atom stereocenters. The summed E-state index contributed by atoms with van der Waals surface area (Å²) >= 11 is 0. The quantitative estimate of drug-likeness (QED) is 0.359. The summed E-state index contributed by atoms with van der Waals surface area (Å²) in [6.07, 6.45) is 26.4. The molecule has 0 aromatic carbocycles. The van der Waals surface area contributed by atoms with E-state index in [0.717, 1.165) is 12.5 Å². The van der Waals surface area contributed by atoms with Crippen LogP contribution in [-0.2, 0) is 0 Å². The molecule has 1 aliphatic rings. The molecule has 0 bridgehead atoms. The van der Waals surface area contributed by atoms with E-state index in [-0.39, 0.29) is 0 Å². The monoisotopic (exact) mass is 295 g/mol. The molecule has 1 aliphatic carbocycles. The second-order valence-electron chi connectivity index (χ2n) is 7.32. The van der Waals surface area contributed by atoms with Crippen molar-refractivity contribution in [2.75, 3.05) is 6.54 Å². The van der Waals surface area contributed by atoms with Gasteiger partial charge < -0.3 is 5.73 Å². The average Bonchev–Trinajstić information content (AvgIpc) is 2.53. The summed E-state index contributed by atoms with van der Waals surface area (Å²) in [6.45, 7) is 0.876. The van der Waals surface area contributed by atoms with Crippen molar-refractivity contribution in [3.8, 4) is 0 Å². The highest BCUT2D eigenvalue weighted by Gasteiger charge is 2.12. The van der Waals surface area contributed by atoms with E-state index < -0.39 is 0 Å². The normalized spacial score (nSPS) is 16.4. The first-order chi connectivity index (χ1) is 10.4. The summed E-state index contributed by atoms with van der Waals surface area (Å²) in [5.41, 5.74) is 5.50. The summed E-state index contributed by atoms with van der Waals surface area (Å²) in [5.74, 6) is 1.10. The highest BCUT2D eigenvalue weighted by Crippen LogP contribution is 2.28. The molecule has 1 fully saturated rings. The first-order valence-electron chi connectivity index (χ1n) is 10.1.